The van der Waals surface area contributed by atoms with Crippen LogP contribution in [0.5, 0.6) is 0 Å². The van der Waals surface area contributed by atoms with Gasteiger partial charge in [-0.3, -0.25) is 14.9 Å². The summed E-state index contributed by atoms with van der Waals surface area (Å²) in [6.45, 7) is 7.59. The van der Waals surface area contributed by atoms with E-state index in [-0.39, 0.29) is 30.4 Å². The summed E-state index contributed by atoms with van der Waals surface area (Å²) >= 11 is 0. The van der Waals surface area contributed by atoms with Crippen molar-refractivity contribution in [2.24, 2.45) is 0 Å². The molecule has 6 heteroatoms. The molecule has 0 aliphatic carbocycles. The fourth-order valence-corrected chi connectivity index (χ4v) is 1.28. The van der Waals surface area contributed by atoms with Crippen molar-refractivity contribution in [3.63, 3.8) is 0 Å². The van der Waals surface area contributed by atoms with Crippen LogP contribution in [0.15, 0.2) is 0 Å². The van der Waals surface area contributed by atoms with Gasteiger partial charge in [0.05, 0.1) is 6.54 Å². The molecule has 0 aliphatic rings. The molecule has 0 saturated heterocycles. The molecule has 5 nitrogen and oxygen atoms in total. The van der Waals surface area contributed by atoms with Crippen LogP contribution in [0.25, 0.3) is 0 Å². The van der Waals surface area contributed by atoms with Crippen LogP contribution in [-0.2, 0) is 9.59 Å². The van der Waals surface area contributed by atoms with Gasteiger partial charge >= 0.3 is 5.97 Å². The quantitative estimate of drug-likeness (QED) is 0.674. The molecule has 0 heterocycles. The first-order valence-corrected chi connectivity index (χ1v) is 5.53. The molecule has 0 fully saturated rings. The lowest BCUT2D eigenvalue weighted by molar-refractivity contribution is -0.139. The minimum absolute atomic E-state index is 0. The van der Waals surface area contributed by atoms with E-state index in [4.69, 9.17) is 5.11 Å². The maximum Gasteiger partial charge on any atom is 0.320 e. The third-order valence-electron chi connectivity index (χ3n) is 1.90. The van der Waals surface area contributed by atoms with Crippen molar-refractivity contribution in [1.29, 1.82) is 0 Å². The van der Waals surface area contributed by atoms with Crippen molar-refractivity contribution in [1.82, 2.24) is 10.6 Å². The zero-order valence-corrected chi connectivity index (χ0v) is 11.7. The molecule has 0 radical (unpaired) electrons. The van der Waals surface area contributed by atoms with Crippen LogP contribution in [0.4, 0.5) is 0 Å². The van der Waals surface area contributed by atoms with Gasteiger partial charge < -0.3 is 10.4 Å². The summed E-state index contributed by atoms with van der Waals surface area (Å²) in [6.07, 6.45) is 1.29. The number of carbonyl (C=O) groups is 2. The highest BCUT2D eigenvalue weighted by molar-refractivity contribution is 5.85. The van der Waals surface area contributed by atoms with Gasteiger partial charge in [-0.2, -0.15) is 0 Å². The van der Waals surface area contributed by atoms with Crippen molar-refractivity contribution < 1.29 is 14.7 Å². The van der Waals surface area contributed by atoms with Gasteiger partial charge in [0.2, 0.25) is 5.91 Å². The molecule has 0 aromatic heterocycles. The predicted octanol–water partition coefficient (Wildman–Crippen LogP) is 1.17. The van der Waals surface area contributed by atoms with E-state index in [9.17, 15) is 9.59 Å². The first-order valence-electron chi connectivity index (χ1n) is 5.53. The van der Waals surface area contributed by atoms with Gasteiger partial charge in [0, 0.05) is 5.54 Å². The minimum atomic E-state index is -0.912. The third kappa shape index (κ3) is 10.1. The van der Waals surface area contributed by atoms with E-state index in [1.807, 2.05) is 27.7 Å². The summed E-state index contributed by atoms with van der Waals surface area (Å²) in [5.41, 5.74) is -0.289. The number of rotatable bonds is 6. The van der Waals surface area contributed by atoms with Crippen LogP contribution in [-0.4, -0.2) is 35.1 Å². The molecular weight excluding hydrogens is 244 g/mol. The molecule has 0 aromatic rings. The summed E-state index contributed by atoms with van der Waals surface area (Å²) in [5, 5.41) is 14.3. The van der Waals surface area contributed by atoms with Crippen LogP contribution in [0.3, 0.4) is 0 Å². The fraction of sp³-hybridized carbons (Fsp3) is 0.818. The van der Waals surface area contributed by atoms with Crippen molar-refractivity contribution in [3.8, 4) is 0 Å². The van der Waals surface area contributed by atoms with E-state index >= 15 is 0 Å². The van der Waals surface area contributed by atoms with Crippen molar-refractivity contribution in [2.75, 3.05) is 6.54 Å². The third-order valence-corrected chi connectivity index (χ3v) is 1.90. The Morgan fingerprint density at radius 2 is 1.82 bits per heavy atom. The second-order valence-corrected chi connectivity index (χ2v) is 4.86. The summed E-state index contributed by atoms with van der Waals surface area (Å²) in [5.74, 6) is -1.10. The second-order valence-electron chi connectivity index (χ2n) is 4.86. The Morgan fingerprint density at radius 3 is 2.18 bits per heavy atom. The molecule has 0 rings (SSSR count). The molecule has 0 aromatic carbocycles. The number of halogens is 1. The van der Waals surface area contributed by atoms with E-state index in [0.29, 0.717) is 6.42 Å². The van der Waals surface area contributed by atoms with E-state index in [0.717, 1.165) is 6.42 Å². The Bertz CT molecular complexity index is 252. The molecule has 0 spiro atoms. The maximum absolute atomic E-state index is 11.4. The predicted molar refractivity (Wildman–Crippen MR) is 69.5 cm³/mol. The van der Waals surface area contributed by atoms with Crippen LogP contribution < -0.4 is 10.6 Å². The standard InChI is InChI=1S/C11H22N2O3.ClH/c1-5-6-8(10(15)16)12-7-9(14)13-11(2,3)4;/h8,12H,5-7H2,1-4H3,(H,13,14)(H,15,16);1H. The van der Waals surface area contributed by atoms with Gasteiger partial charge in [0.1, 0.15) is 6.04 Å². The maximum atomic E-state index is 11.4. The Balaban J connectivity index is 0. The molecule has 0 bridgehead atoms. The number of aliphatic carboxylic acids is 1. The monoisotopic (exact) mass is 266 g/mol. The van der Waals surface area contributed by atoms with Crippen LogP contribution in [0.1, 0.15) is 40.5 Å². The van der Waals surface area contributed by atoms with Crippen molar-refractivity contribution >= 4 is 24.3 Å². The summed E-state index contributed by atoms with van der Waals surface area (Å²) in [6, 6.07) is -0.643. The number of nitrogens with one attached hydrogen (secondary N) is 2. The topological polar surface area (TPSA) is 78.4 Å². The van der Waals surface area contributed by atoms with Crippen LogP contribution in [0.2, 0.25) is 0 Å². The summed E-state index contributed by atoms with van der Waals surface area (Å²) < 4.78 is 0. The SMILES string of the molecule is CCCC(NCC(=O)NC(C)(C)C)C(=O)O.Cl. The molecule has 0 saturated carbocycles. The summed E-state index contributed by atoms with van der Waals surface area (Å²) in [7, 11) is 0. The molecule has 0 aliphatic heterocycles. The Hall–Kier alpha value is -0.810. The smallest absolute Gasteiger partial charge is 0.320 e. The Kier molecular flexibility index (Phi) is 9.06. The number of carboxylic acids is 1. The molecule has 3 N–H and O–H groups in total. The first kappa shape index (κ1) is 18.6. The van der Waals surface area contributed by atoms with Gasteiger partial charge in [-0.25, -0.2) is 0 Å². The Morgan fingerprint density at radius 1 is 1.29 bits per heavy atom. The molecule has 17 heavy (non-hydrogen) atoms. The zero-order valence-electron chi connectivity index (χ0n) is 10.9. The second kappa shape index (κ2) is 8.31. The number of hydrogen-bond acceptors (Lipinski definition) is 3. The van der Waals surface area contributed by atoms with E-state index in [1.54, 1.807) is 0 Å². The lowest BCUT2D eigenvalue weighted by Gasteiger charge is -2.21. The van der Waals surface area contributed by atoms with Gasteiger partial charge in [0.15, 0.2) is 0 Å². The normalized spacial score (nSPS) is 12.5. The minimum Gasteiger partial charge on any atom is -0.480 e. The lowest BCUT2D eigenvalue weighted by Crippen LogP contribution is -2.48. The van der Waals surface area contributed by atoms with Crippen LogP contribution in [0, 0.1) is 0 Å². The van der Waals surface area contributed by atoms with E-state index in [1.165, 1.54) is 0 Å². The highest BCUT2D eigenvalue weighted by atomic mass is 35.5. The van der Waals surface area contributed by atoms with Gasteiger partial charge in [0.25, 0.3) is 0 Å². The van der Waals surface area contributed by atoms with E-state index < -0.39 is 12.0 Å². The molecule has 1 amide bonds. The highest BCUT2D eigenvalue weighted by Crippen LogP contribution is 1.99. The van der Waals surface area contributed by atoms with Gasteiger partial charge in [-0.05, 0) is 27.2 Å². The van der Waals surface area contributed by atoms with Crippen molar-refractivity contribution in [2.45, 2.75) is 52.1 Å². The van der Waals surface area contributed by atoms with Crippen LogP contribution >= 0.6 is 12.4 Å². The highest BCUT2D eigenvalue weighted by Gasteiger charge is 2.18. The van der Waals surface area contributed by atoms with Gasteiger partial charge in [-0.1, -0.05) is 13.3 Å². The molecule has 1 unspecified atom stereocenters. The first-order chi connectivity index (χ1) is 7.26. The number of amides is 1. The molecular formula is C11H23ClN2O3. The molecule has 1 atom stereocenters. The number of hydrogen-bond donors (Lipinski definition) is 3. The Labute approximate surface area is 109 Å². The zero-order chi connectivity index (χ0) is 12.8. The number of carboxylic acid groups (broad SMARTS) is 1. The molecule has 102 valence electrons. The van der Waals surface area contributed by atoms with Gasteiger partial charge in [-0.15, -0.1) is 12.4 Å². The number of carbonyl (C=O) groups excluding carboxylic acids is 1. The van der Waals surface area contributed by atoms with E-state index in [2.05, 4.69) is 10.6 Å². The fourth-order valence-electron chi connectivity index (χ4n) is 1.28. The van der Waals surface area contributed by atoms with Crippen molar-refractivity contribution in [3.05, 3.63) is 0 Å². The lowest BCUT2D eigenvalue weighted by atomic mass is 10.1. The summed E-state index contributed by atoms with van der Waals surface area (Å²) in [4.78, 5) is 22.2. The average Bonchev–Trinajstić information content (AvgIpc) is 2.08. The average molecular weight is 267 g/mol. The largest absolute Gasteiger partial charge is 0.480 e.